The van der Waals surface area contributed by atoms with E-state index in [9.17, 15) is 4.79 Å². The van der Waals surface area contributed by atoms with E-state index < -0.39 is 0 Å². The van der Waals surface area contributed by atoms with Gasteiger partial charge in [-0.05, 0) is 34.7 Å². The van der Waals surface area contributed by atoms with Crippen molar-refractivity contribution in [3.8, 4) is 5.69 Å². The van der Waals surface area contributed by atoms with Gasteiger partial charge in [-0.25, -0.2) is 0 Å². The summed E-state index contributed by atoms with van der Waals surface area (Å²) in [6.45, 7) is 2.33. The first-order chi connectivity index (χ1) is 13.1. The molecule has 1 amide bonds. The van der Waals surface area contributed by atoms with E-state index >= 15 is 0 Å². The Bertz CT molecular complexity index is 953. The molecule has 1 aliphatic heterocycles. The van der Waals surface area contributed by atoms with Crippen molar-refractivity contribution in [1.29, 1.82) is 0 Å². The lowest BCUT2D eigenvalue weighted by Crippen LogP contribution is -2.49. The molecular formula is C18H16Cl2N6O. The predicted molar refractivity (Wildman–Crippen MR) is 104 cm³/mol. The summed E-state index contributed by atoms with van der Waals surface area (Å²) in [6.07, 6.45) is 0. The van der Waals surface area contributed by atoms with Gasteiger partial charge in [0, 0.05) is 26.2 Å². The van der Waals surface area contributed by atoms with E-state index in [2.05, 4.69) is 20.4 Å². The van der Waals surface area contributed by atoms with Crippen LogP contribution in [0, 0.1) is 0 Å². The molecule has 2 aromatic carbocycles. The number of hydrogen-bond acceptors (Lipinski definition) is 5. The van der Waals surface area contributed by atoms with Crippen molar-refractivity contribution in [2.24, 2.45) is 0 Å². The molecule has 0 bridgehead atoms. The van der Waals surface area contributed by atoms with Gasteiger partial charge in [-0.1, -0.05) is 52.6 Å². The zero-order valence-electron chi connectivity index (χ0n) is 14.3. The van der Waals surface area contributed by atoms with Gasteiger partial charge in [0.25, 0.3) is 5.91 Å². The van der Waals surface area contributed by atoms with Crippen LogP contribution < -0.4 is 4.90 Å². The van der Waals surface area contributed by atoms with Crippen LogP contribution in [0.5, 0.6) is 0 Å². The van der Waals surface area contributed by atoms with E-state index in [1.165, 1.54) is 0 Å². The molecule has 138 valence electrons. The monoisotopic (exact) mass is 402 g/mol. The number of tetrazole rings is 1. The SMILES string of the molecule is O=C(c1cccc(Cl)c1Cl)N1CCN(c2nnnn2-c2ccccc2)CC1. The molecule has 2 heterocycles. The summed E-state index contributed by atoms with van der Waals surface area (Å²) in [6, 6.07) is 14.8. The molecule has 27 heavy (non-hydrogen) atoms. The Morgan fingerprint density at radius 3 is 2.41 bits per heavy atom. The average Bonchev–Trinajstić information content (AvgIpc) is 3.20. The number of anilines is 1. The molecule has 1 fully saturated rings. The Morgan fingerprint density at radius 2 is 1.67 bits per heavy atom. The zero-order valence-corrected chi connectivity index (χ0v) is 15.8. The number of nitrogens with zero attached hydrogens (tertiary/aromatic N) is 6. The number of para-hydroxylation sites is 1. The summed E-state index contributed by atoms with van der Waals surface area (Å²) in [5.41, 5.74) is 1.31. The van der Waals surface area contributed by atoms with Crippen molar-refractivity contribution in [3.05, 3.63) is 64.1 Å². The van der Waals surface area contributed by atoms with Gasteiger partial charge in [-0.15, -0.1) is 0 Å². The molecule has 1 saturated heterocycles. The van der Waals surface area contributed by atoms with Crippen LogP contribution in [0.4, 0.5) is 5.95 Å². The van der Waals surface area contributed by atoms with Gasteiger partial charge in [-0.2, -0.15) is 4.68 Å². The third kappa shape index (κ3) is 3.48. The minimum Gasteiger partial charge on any atom is -0.336 e. The van der Waals surface area contributed by atoms with E-state index in [1.807, 2.05) is 30.3 Å². The maximum Gasteiger partial charge on any atom is 0.255 e. The van der Waals surface area contributed by atoms with Gasteiger partial charge in [0.05, 0.1) is 21.3 Å². The highest BCUT2D eigenvalue weighted by Crippen LogP contribution is 2.27. The largest absolute Gasteiger partial charge is 0.336 e. The summed E-state index contributed by atoms with van der Waals surface area (Å²) in [5.74, 6) is 0.541. The van der Waals surface area contributed by atoms with Crippen LogP contribution in [0.2, 0.25) is 10.0 Å². The van der Waals surface area contributed by atoms with Gasteiger partial charge in [-0.3, -0.25) is 4.79 Å². The molecule has 1 aromatic heterocycles. The van der Waals surface area contributed by atoms with Crippen molar-refractivity contribution < 1.29 is 4.79 Å². The zero-order chi connectivity index (χ0) is 18.8. The van der Waals surface area contributed by atoms with E-state index in [4.69, 9.17) is 23.2 Å². The molecule has 4 rings (SSSR count). The Kier molecular flexibility index (Phi) is 4.96. The Hall–Kier alpha value is -2.64. The number of halogens is 2. The minimum absolute atomic E-state index is 0.121. The lowest BCUT2D eigenvalue weighted by atomic mass is 10.2. The third-order valence-corrected chi connectivity index (χ3v) is 5.30. The molecule has 0 spiro atoms. The standard InChI is InChI=1S/C18H16Cl2N6O/c19-15-8-4-7-14(16(15)20)17(27)24-9-11-25(12-10-24)18-21-22-23-26(18)13-5-2-1-3-6-13/h1-8H,9-12H2. The van der Waals surface area contributed by atoms with Crippen LogP contribution in [0.3, 0.4) is 0 Å². The smallest absolute Gasteiger partial charge is 0.255 e. The summed E-state index contributed by atoms with van der Waals surface area (Å²) in [5, 5.41) is 12.7. The highest BCUT2D eigenvalue weighted by Gasteiger charge is 2.26. The third-order valence-electron chi connectivity index (χ3n) is 4.49. The molecule has 7 nitrogen and oxygen atoms in total. The highest BCUT2D eigenvalue weighted by molar-refractivity contribution is 6.43. The summed E-state index contributed by atoms with van der Waals surface area (Å²) >= 11 is 12.2. The van der Waals surface area contributed by atoms with Crippen molar-refractivity contribution >= 4 is 35.1 Å². The van der Waals surface area contributed by atoms with Crippen molar-refractivity contribution in [1.82, 2.24) is 25.1 Å². The second kappa shape index (κ2) is 7.54. The first kappa shape index (κ1) is 17.8. The summed E-state index contributed by atoms with van der Waals surface area (Å²) < 4.78 is 1.70. The molecule has 0 saturated carbocycles. The van der Waals surface area contributed by atoms with E-state index in [0.717, 1.165) is 5.69 Å². The fraction of sp³-hybridized carbons (Fsp3) is 0.222. The molecule has 0 radical (unpaired) electrons. The number of carbonyl (C=O) groups excluding carboxylic acids is 1. The average molecular weight is 403 g/mol. The maximum absolute atomic E-state index is 12.8. The van der Waals surface area contributed by atoms with Crippen LogP contribution in [0.1, 0.15) is 10.4 Å². The number of hydrogen-bond donors (Lipinski definition) is 0. The molecular weight excluding hydrogens is 387 g/mol. The first-order valence-electron chi connectivity index (χ1n) is 8.47. The van der Waals surface area contributed by atoms with Crippen LogP contribution in [-0.4, -0.2) is 57.2 Å². The van der Waals surface area contributed by atoms with E-state index in [0.29, 0.717) is 47.7 Å². The molecule has 0 N–H and O–H groups in total. The topological polar surface area (TPSA) is 67.2 Å². The van der Waals surface area contributed by atoms with Gasteiger partial charge in [0.2, 0.25) is 5.95 Å². The second-order valence-corrected chi connectivity index (χ2v) is 6.89. The first-order valence-corrected chi connectivity index (χ1v) is 9.23. The molecule has 0 atom stereocenters. The van der Waals surface area contributed by atoms with Crippen molar-refractivity contribution in [3.63, 3.8) is 0 Å². The number of carbonyl (C=O) groups is 1. The number of rotatable bonds is 3. The quantitative estimate of drug-likeness (QED) is 0.673. The van der Waals surface area contributed by atoms with Crippen LogP contribution in [0.15, 0.2) is 48.5 Å². The lowest BCUT2D eigenvalue weighted by molar-refractivity contribution is 0.0746. The maximum atomic E-state index is 12.8. The predicted octanol–water partition coefficient (Wildman–Crippen LogP) is 2.93. The summed E-state index contributed by atoms with van der Waals surface area (Å²) in [7, 11) is 0. The van der Waals surface area contributed by atoms with Crippen LogP contribution in [0.25, 0.3) is 5.69 Å². The number of aromatic nitrogens is 4. The minimum atomic E-state index is -0.121. The van der Waals surface area contributed by atoms with Crippen LogP contribution >= 0.6 is 23.2 Å². The Morgan fingerprint density at radius 1 is 0.926 bits per heavy atom. The number of amides is 1. The normalized spacial score (nSPS) is 14.4. The molecule has 0 unspecified atom stereocenters. The van der Waals surface area contributed by atoms with E-state index in [-0.39, 0.29) is 5.91 Å². The van der Waals surface area contributed by atoms with Crippen molar-refractivity contribution in [2.75, 3.05) is 31.1 Å². The van der Waals surface area contributed by atoms with Crippen LogP contribution in [-0.2, 0) is 0 Å². The molecule has 1 aliphatic rings. The van der Waals surface area contributed by atoms with Gasteiger partial charge in [0.15, 0.2) is 0 Å². The van der Waals surface area contributed by atoms with Crippen molar-refractivity contribution in [2.45, 2.75) is 0 Å². The fourth-order valence-corrected chi connectivity index (χ4v) is 3.45. The number of piperazine rings is 1. The fourth-order valence-electron chi connectivity index (χ4n) is 3.06. The van der Waals surface area contributed by atoms with Gasteiger partial charge >= 0.3 is 0 Å². The molecule has 3 aromatic rings. The summed E-state index contributed by atoms with van der Waals surface area (Å²) in [4.78, 5) is 16.6. The lowest BCUT2D eigenvalue weighted by Gasteiger charge is -2.35. The number of benzene rings is 2. The second-order valence-electron chi connectivity index (χ2n) is 6.11. The van der Waals surface area contributed by atoms with E-state index in [1.54, 1.807) is 27.8 Å². The Balaban J connectivity index is 1.48. The Labute approximate surface area is 166 Å². The van der Waals surface area contributed by atoms with Gasteiger partial charge < -0.3 is 9.80 Å². The molecule has 9 heteroatoms. The van der Waals surface area contributed by atoms with Gasteiger partial charge in [0.1, 0.15) is 0 Å². The molecule has 0 aliphatic carbocycles. The highest BCUT2D eigenvalue weighted by atomic mass is 35.5.